The molecule has 2 N–H and O–H groups in total. The lowest BCUT2D eigenvalue weighted by atomic mass is 10.0. The molecular formula is C13H17ClF3NO2. The van der Waals surface area contributed by atoms with E-state index in [-0.39, 0.29) is 24.2 Å². The molecule has 2 rings (SSSR count). The van der Waals surface area contributed by atoms with Crippen molar-refractivity contribution in [3.05, 3.63) is 23.8 Å². The van der Waals surface area contributed by atoms with Gasteiger partial charge in [0.2, 0.25) is 0 Å². The zero-order valence-electron chi connectivity index (χ0n) is 10.9. The van der Waals surface area contributed by atoms with Crippen LogP contribution in [0.2, 0.25) is 0 Å². The molecule has 0 unspecified atom stereocenters. The van der Waals surface area contributed by atoms with E-state index in [1.165, 1.54) is 38.2 Å². The van der Waals surface area contributed by atoms with Crippen molar-refractivity contribution in [1.82, 2.24) is 0 Å². The molecule has 114 valence electrons. The predicted molar refractivity (Wildman–Crippen MR) is 71.2 cm³/mol. The molecule has 0 saturated heterocycles. The molecule has 1 saturated carbocycles. The summed E-state index contributed by atoms with van der Waals surface area (Å²) in [5, 5.41) is 0. The van der Waals surface area contributed by atoms with Crippen LogP contribution >= 0.6 is 12.4 Å². The lowest BCUT2D eigenvalue weighted by Crippen LogP contribution is -2.17. The Balaban J connectivity index is 0.00000200. The first-order valence-corrected chi connectivity index (χ1v) is 6.08. The average molecular weight is 312 g/mol. The molecule has 0 bridgehead atoms. The fraction of sp³-hybridized carbons (Fsp3) is 0.538. The van der Waals surface area contributed by atoms with Crippen LogP contribution in [0.4, 0.5) is 13.2 Å². The molecule has 1 aromatic rings. The minimum absolute atomic E-state index is 0. The van der Waals surface area contributed by atoms with Crippen molar-refractivity contribution in [2.45, 2.75) is 31.7 Å². The first-order valence-electron chi connectivity index (χ1n) is 6.08. The van der Waals surface area contributed by atoms with E-state index in [2.05, 4.69) is 4.74 Å². The van der Waals surface area contributed by atoms with Crippen LogP contribution in [-0.2, 0) is 0 Å². The second kappa shape index (κ2) is 6.54. The Bertz CT molecular complexity index is 450. The second-order valence-electron chi connectivity index (χ2n) is 4.74. The van der Waals surface area contributed by atoms with Gasteiger partial charge < -0.3 is 15.2 Å². The highest BCUT2D eigenvalue weighted by molar-refractivity contribution is 5.85. The summed E-state index contributed by atoms with van der Waals surface area (Å²) in [7, 11) is 1.40. The van der Waals surface area contributed by atoms with Crippen LogP contribution in [0.1, 0.15) is 30.9 Å². The summed E-state index contributed by atoms with van der Waals surface area (Å²) in [5.41, 5.74) is 6.76. The maximum absolute atomic E-state index is 12.1. The number of hydrogen-bond acceptors (Lipinski definition) is 3. The van der Waals surface area contributed by atoms with E-state index < -0.39 is 6.36 Å². The highest BCUT2D eigenvalue weighted by Crippen LogP contribution is 2.39. The van der Waals surface area contributed by atoms with Gasteiger partial charge >= 0.3 is 6.36 Å². The summed E-state index contributed by atoms with van der Waals surface area (Å²) in [6.07, 6.45) is -1.53. The van der Waals surface area contributed by atoms with Crippen LogP contribution in [0.5, 0.6) is 11.5 Å². The first kappa shape index (κ1) is 16.9. The predicted octanol–water partition coefficient (Wildman–Crippen LogP) is 3.82. The number of rotatable bonds is 5. The van der Waals surface area contributed by atoms with Gasteiger partial charge in [0.1, 0.15) is 11.5 Å². The topological polar surface area (TPSA) is 44.5 Å². The van der Waals surface area contributed by atoms with Crippen molar-refractivity contribution >= 4 is 12.4 Å². The number of ether oxygens (including phenoxy) is 2. The van der Waals surface area contributed by atoms with Gasteiger partial charge in [-0.1, -0.05) is 18.9 Å². The molecule has 0 aliphatic heterocycles. The average Bonchev–Trinajstić information content (AvgIpc) is 3.10. The van der Waals surface area contributed by atoms with Gasteiger partial charge in [0.15, 0.2) is 0 Å². The molecule has 0 heterocycles. The smallest absolute Gasteiger partial charge is 0.496 e. The molecule has 0 radical (unpaired) electrons. The second-order valence-corrected chi connectivity index (χ2v) is 4.74. The van der Waals surface area contributed by atoms with Crippen LogP contribution < -0.4 is 15.2 Å². The molecule has 1 aromatic carbocycles. The van der Waals surface area contributed by atoms with Crippen molar-refractivity contribution in [2.24, 2.45) is 11.7 Å². The molecule has 1 fully saturated rings. The molecule has 1 aliphatic carbocycles. The molecular weight excluding hydrogens is 295 g/mol. The molecule has 3 nitrogen and oxygen atoms in total. The number of methoxy groups -OCH3 is 1. The van der Waals surface area contributed by atoms with Crippen molar-refractivity contribution in [3.63, 3.8) is 0 Å². The van der Waals surface area contributed by atoms with Gasteiger partial charge in [0.05, 0.1) is 7.11 Å². The van der Waals surface area contributed by atoms with Gasteiger partial charge in [-0.15, -0.1) is 25.6 Å². The van der Waals surface area contributed by atoms with Crippen molar-refractivity contribution in [1.29, 1.82) is 0 Å². The number of benzene rings is 1. The SMILES string of the molecule is COc1cc(OC(F)(F)F)ccc1[C@H](N)CC1CC1.Cl. The Morgan fingerprint density at radius 2 is 2.00 bits per heavy atom. The zero-order valence-corrected chi connectivity index (χ0v) is 11.8. The normalized spacial score (nSPS) is 16.2. The molecule has 0 aromatic heterocycles. The molecule has 1 atom stereocenters. The number of nitrogens with two attached hydrogens (primary N) is 1. The Morgan fingerprint density at radius 1 is 1.35 bits per heavy atom. The largest absolute Gasteiger partial charge is 0.573 e. The fourth-order valence-electron chi connectivity index (χ4n) is 2.03. The van der Waals surface area contributed by atoms with E-state index >= 15 is 0 Å². The summed E-state index contributed by atoms with van der Waals surface area (Å²) in [5.74, 6) is 0.660. The Morgan fingerprint density at radius 3 is 2.50 bits per heavy atom. The lowest BCUT2D eigenvalue weighted by Gasteiger charge is -2.17. The van der Waals surface area contributed by atoms with E-state index in [1.807, 2.05) is 0 Å². The summed E-state index contributed by atoms with van der Waals surface area (Å²) in [6.45, 7) is 0. The van der Waals surface area contributed by atoms with Gasteiger partial charge in [-0.3, -0.25) is 0 Å². The highest BCUT2D eigenvalue weighted by atomic mass is 35.5. The third-order valence-corrected chi connectivity index (χ3v) is 3.12. The zero-order chi connectivity index (χ0) is 14.0. The first-order chi connectivity index (χ1) is 8.89. The quantitative estimate of drug-likeness (QED) is 0.899. The van der Waals surface area contributed by atoms with Crippen molar-refractivity contribution in [2.75, 3.05) is 7.11 Å². The number of halogens is 4. The maximum atomic E-state index is 12.1. The van der Waals surface area contributed by atoms with Gasteiger partial charge in [0.25, 0.3) is 0 Å². The van der Waals surface area contributed by atoms with Crippen LogP contribution in [-0.4, -0.2) is 13.5 Å². The van der Waals surface area contributed by atoms with Crippen LogP contribution in [0.3, 0.4) is 0 Å². The summed E-state index contributed by atoms with van der Waals surface area (Å²) in [4.78, 5) is 0. The molecule has 0 amide bonds. The molecule has 1 aliphatic rings. The van der Waals surface area contributed by atoms with Crippen LogP contribution in [0.25, 0.3) is 0 Å². The Hall–Kier alpha value is -1.14. The van der Waals surface area contributed by atoms with E-state index in [0.29, 0.717) is 17.2 Å². The van der Waals surface area contributed by atoms with Crippen molar-refractivity contribution < 1.29 is 22.6 Å². The minimum Gasteiger partial charge on any atom is -0.496 e. The third kappa shape index (κ3) is 4.76. The standard InChI is InChI=1S/C13H16F3NO2.ClH/c1-18-12-7-9(19-13(14,15)16)4-5-10(12)11(17)6-8-2-3-8;/h4-5,7-8,11H,2-3,6,17H2,1H3;1H/t11-;/m1./s1. The van der Waals surface area contributed by atoms with Crippen LogP contribution in [0, 0.1) is 5.92 Å². The minimum atomic E-state index is -4.71. The highest BCUT2D eigenvalue weighted by Gasteiger charge is 2.32. The fourth-order valence-corrected chi connectivity index (χ4v) is 2.03. The molecule has 0 spiro atoms. The van der Waals surface area contributed by atoms with Gasteiger partial charge in [-0.05, 0) is 18.4 Å². The monoisotopic (exact) mass is 311 g/mol. The summed E-state index contributed by atoms with van der Waals surface area (Å²) < 4.78 is 45.3. The Kier molecular flexibility index (Phi) is 5.53. The summed E-state index contributed by atoms with van der Waals surface area (Å²) >= 11 is 0. The van der Waals surface area contributed by atoms with E-state index in [9.17, 15) is 13.2 Å². The van der Waals surface area contributed by atoms with E-state index in [0.717, 1.165) is 6.42 Å². The third-order valence-electron chi connectivity index (χ3n) is 3.12. The maximum Gasteiger partial charge on any atom is 0.573 e. The summed E-state index contributed by atoms with van der Waals surface area (Å²) in [6, 6.07) is 3.79. The van der Waals surface area contributed by atoms with E-state index in [4.69, 9.17) is 10.5 Å². The Labute approximate surface area is 121 Å². The molecule has 20 heavy (non-hydrogen) atoms. The number of hydrogen-bond donors (Lipinski definition) is 1. The van der Waals surface area contributed by atoms with Crippen molar-refractivity contribution in [3.8, 4) is 11.5 Å². The molecule has 7 heteroatoms. The van der Waals surface area contributed by atoms with E-state index in [1.54, 1.807) is 0 Å². The van der Waals surface area contributed by atoms with Crippen LogP contribution in [0.15, 0.2) is 18.2 Å². The van der Waals surface area contributed by atoms with Gasteiger partial charge in [-0.2, -0.15) is 0 Å². The van der Waals surface area contributed by atoms with Gasteiger partial charge in [-0.25, -0.2) is 0 Å². The van der Waals surface area contributed by atoms with Gasteiger partial charge in [0, 0.05) is 17.7 Å². The lowest BCUT2D eigenvalue weighted by molar-refractivity contribution is -0.274. The number of alkyl halides is 3.